The highest BCUT2D eigenvalue weighted by Gasteiger charge is 2.17. The molecule has 1 aliphatic carbocycles. The molecule has 116 valence electrons. The van der Waals surface area contributed by atoms with E-state index in [2.05, 4.69) is 36.7 Å². The maximum atomic E-state index is 12.0. The van der Waals surface area contributed by atoms with Gasteiger partial charge in [0.1, 0.15) is 6.54 Å². The van der Waals surface area contributed by atoms with E-state index < -0.39 is 0 Å². The molecule has 6 nitrogen and oxygen atoms in total. The maximum Gasteiger partial charge on any atom is 0.243 e. The van der Waals surface area contributed by atoms with Crippen molar-refractivity contribution in [1.29, 1.82) is 0 Å². The van der Waals surface area contributed by atoms with Crippen molar-refractivity contribution < 1.29 is 4.79 Å². The van der Waals surface area contributed by atoms with Crippen LogP contribution in [-0.4, -0.2) is 32.2 Å². The van der Waals surface area contributed by atoms with Gasteiger partial charge in [0.25, 0.3) is 0 Å². The first-order valence-electron chi connectivity index (χ1n) is 7.54. The second-order valence-electron chi connectivity index (χ2n) is 5.53. The lowest BCUT2D eigenvalue weighted by molar-refractivity contribution is -0.123. The fourth-order valence-electron chi connectivity index (χ4n) is 2.71. The predicted octanol–water partition coefficient (Wildman–Crippen LogP) is 2.55. The SMILES string of the molecule is O=C(Cn1nnc(-c2ccccc2Br)n1)NC1CCCCC1. The van der Waals surface area contributed by atoms with Crippen molar-refractivity contribution in [3.63, 3.8) is 0 Å². The number of rotatable bonds is 4. The number of benzene rings is 1. The summed E-state index contributed by atoms with van der Waals surface area (Å²) in [7, 11) is 0. The minimum atomic E-state index is -0.0528. The molecule has 22 heavy (non-hydrogen) atoms. The van der Waals surface area contributed by atoms with Gasteiger partial charge < -0.3 is 5.32 Å². The van der Waals surface area contributed by atoms with Gasteiger partial charge in [0.2, 0.25) is 11.7 Å². The van der Waals surface area contributed by atoms with Crippen LogP contribution in [0.3, 0.4) is 0 Å². The monoisotopic (exact) mass is 363 g/mol. The van der Waals surface area contributed by atoms with Gasteiger partial charge in [-0.3, -0.25) is 4.79 Å². The fourth-order valence-corrected chi connectivity index (χ4v) is 3.17. The van der Waals surface area contributed by atoms with Gasteiger partial charge in [0, 0.05) is 16.1 Å². The standard InChI is InChI=1S/C15H18BrN5O/c16-13-9-5-4-8-12(13)15-18-20-21(19-15)10-14(22)17-11-6-2-1-3-7-11/h4-5,8-9,11H,1-3,6-7,10H2,(H,17,22). The molecular formula is C15H18BrN5O. The number of amides is 1. The van der Waals surface area contributed by atoms with Gasteiger partial charge in [-0.2, -0.15) is 4.80 Å². The van der Waals surface area contributed by atoms with Gasteiger partial charge in [-0.25, -0.2) is 0 Å². The second-order valence-corrected chi connectivity index (χ2v) is 6.38. The summed E-state index contributed by atoms with van der Waals surface area (Å²) in [6, 6.07) is 7.97. The smallest absolute Gasteiger partial charge is 0.243 e. The highest BCUT2D eigenvalue weighted by atomic mass is 79.9. The number of carbonyl (C=O) groups excluding carboxylic acids is 1. The van der Waals surface area contributed by atoms with Crippen LogP contribution in [0, 0.1) is 0 Å². The van der Waals surface area contributed by atoms with Crippen LogP contribution >= 0.6 is 15.9 Å². The van der Waals surface area contributed by atoms with E-state index in [9.17, 15) is 4.79 Å². The molecule has 2 aromatic rings. The Hall–Kier alpha value is -1.76. The largest absolute Gasteiger partial charge is 0.352 e. The summed E-state index contributed by atoms with van der Waals surface area (Å²) in [6.07, 6.45) is 5.79. The molecule has 0 bridgehead atoms. The topological polar surface area (TPSA) is 72.7 Å². The zero-order valence-electron chi connectivity index (χ0n) is 12.2. The summed E-state index contributed by atoms with van der Waals surface area (Å²) in [5, 5.41) is 15.3. The van der Waals surface area contributed by atoms with Crippen LogP contribution < -0.4 is 5.32 Å². The Labute approximate surface area is 137 Å². The molecule has 0 atom stereocenters. The molecule has 7 heteroatoms. The minimum Gasteiger partial charge on any atom is -0.352 e. The highest BCUT2D eigenvalue weighted by molar-refractivity contribution is 9.10. The summed E-state index contributed by atoms with van der Waals surface area (Å²) in [6.45, 7) is 0.105. The Morgan fingerprint density at radius 3 is 2.82 bits per heavy atom. The van der Waals surface area contributed by atoms with Crippen LogP contribution in [0.5, 0.6) is 0 Å². The lowest BCUT2D eigenvalue weighted by atomic mass is 9.95. The molecule has 1 aromatic heterocycles. The van der Waals surface area contributed by atoms with Gasteiger partial charge in [-0.05, 0) is 30.2 Å². The van der Waals surface area contributed by atoms with Gasteiger partial charge >= 0.3 is 0 Å². The zero-order valence-corrected chi connectivity index (χ0v) is 13.8. The van der Waals surface area contributed by atoms with Gasteiger partial charge in [-0.1, -0.05) is 47.3 Å². The number of carbonyl (C=O) groups is 1. The fraction of sp³-hybridized carbons (Fsp3) is 0.467. The summed E-state index contributed by atoms with van der Waals surface area (Å²) in [4.78, 5) is 13.4. The summed E-state index contributed by atoms with van der Waals surface area (Å²) < 4.78 is 0.904. The average Bonchev–Trinajstić information content (AvgIpc) is 2.97. The Morgan fingerprint density at radius 1 is 1.27 bits per heavy atom. The summed E-state index contributed by atoms with van der Waals surface area (Å²) >= 11 is 3.46. The van der Waals surface area contributed by atoms with E-state index >= 15 is 0 Å². The molecule has 0 spiro atoms. The van der Waals surface area contributed by atoms with Crippen molar-refractivity contribution in [2.75, 3.05) is 0 Å². The molecular weight excluding hydrogens is 346 g/mol. The molecule has 0 aliphatic heterocycles. The molecule has 0 unspecified atom stereocenters. The molecule has 1 heterocycles. The average molecular weight is 364 g/mol. The molecule has 1 aliphatic rings. The van der Waals surface area contributed by atoms with Crippen LogP contribution in [-0.2, 0) is 11.3 Å². The zero-order chi connectivity index (χ0) is 15.4. The van der Waals surface area contributed by atoms with Gasteiger partial charge in [-0.15, -0.1) is 10.2 Å². The Balaban J connectivity index is 1.62. The molecule has 1 saturated carbocycles. The number of tetrazole rings is 1. The molecule has 3 rings (SSSR count). The van der Waals surface area contributed by atoms with Crippen molar-refractivity contribution in [3.05, 3.63) is 28.7 Å². The van der Waals surface area contributed by atoms with Crippen LogP contribution in [0.4, 0.5) is 0 Å². The highest BCUT2D eigenvalue weighted by Crippen LogP contribution is 2.24. The van der Waals surface area contributed by atoms with Crippen LogP contribution in [0.1, 0.15) is 32.1 Å². The molecule has 1 amide bonds. The third-order valence-corrected chi connectivity index (χ3v) is 4.51. The second kappa shape index (κ2) is 7.00. The van der Waals surface area contributed by atoms with Crippen LogP contribution in [0.2, 0.25) is 0 Å². The van der Waals surface area contributed by atoms with E-state index in [0.717, 1.165) is 22.9 Å². The Kier molecular flexibility index (Phi) is 4.82. The first kappa shape index (κ1) is 15.1. The predicted molar refractivity (Wildman–Crippen MR) is 86.0 cm³/mol. The van der Waals surface area contributed by atoms with Crippen molar-refractivity contribution in [2.24, 2.45) is 0 Å². The third kappa shape index (κ3) is 3.71. The number of nitrogens with zero attached hydrogens (tertiary/aromatic N) is 4. The Morgan fingerprint density at radius 2 is 2.05 bits per heavy atom. The minimum absolute atomic E-state index is 0.0528. The molecule has 0 saturated heterocycles. The van der Waals surface area contributed by atoms with Crippen molar-refractivity contribution >= 4 is 21.8 Å². The van der Waals surface area contributed by atoms with Crippen molar-refractivity contribution in [3.8, 4) is 11.4 Å². The Bertz CT molecular complexity index is 651. The number of nitrogens with one attached hydrogen (secondary N) is 1. The first-order valence-corrected chi connectivity index (χ1v) is 8.34. The molecule has 1 N–H and O–H groups in total. The normalized spacial score (nSPS) is 15.7. The number of halogens is 1. The van der Waals surface area contributed by atoms with E-state index in [-0.39, 0.29) is 12.5 Å². The van der Waals surface area contributed by atoms with Gasteiger partial charge in [0.15, 0.2) is 0 Å². The third-order valence-electron chi connectivity index (χ3n) is 3.82. The van der Waals surface area contributed by atoms with E-state index in [1.165, 1.54) is 24.1 Å². The van der Waals surface area contributed by atoms with E-state index in [1.807, 2.05) is 24.3 Å². The van der Waals surface area contributed by atoms with Crippen molar-refractivity contribution in [1.82, 2.24) is 25.5 Å². The van der Waals surface area contributed by atoms with E-state index in [0.29, 0.717) is 11.9 Å². The van der Waals surface area contributed by atoms with E-state index in [4.69, 9.17) is 0 Å². The number of aromatic nitrogens is 4. The number of hydrogen-bond donors (Lipinski definition) is 1. The number of hydrogen-bond acceptors (Lipinski definition) is 4. The molecule has 0 radical (unpaired) electrons. The maximum absolute atomic E-state index is 12.0. The molecule has 1 aromatic carbocycles. The van der Waals surface area contributed by atoms with Crippen LogP contribution in [0.15, 0.2) is 28.7 Å². The lowest BCUT2D eigenvalue weighted by Crippen LogP contribution is -2.38. The quantitative estimate of drug-likeness (QED) is 0.905. The lowest BCUT2D eigenvalue weighted by Gasteiger charge is -2.22. The first-order chi connectivity index (χ1) is 10.7. The van der Waals surface area contributed by atoms with Crippen molar-refractivity contribution in [2.45, 2.75) is 44.7 Å². The van der Waals surface area contributed by atoms with E-state index in [1.54, 1.807) is 0 Å². The summed E-state index contributed by atoms with van der Waals surface area (Å²) in [5.74, 6) is 0.459. The molecule has 1 fully saturated rings. The van der Waals surface area contributed by atoms with Crippen LogP contribution in [0.25, 0.3) is 11.4 Å². The summed E-state index contributed by atoms with van der Waals surface area (Å²) in [5.41, 5.74) is 0.862. The van der Waals surface area contributed by atoms with Gasteiger partial charge in [0.05, 0.1) is 0 Å².